The van der Waals surface area contributed by atoms with Gasteiger partial charge in [-0.2, -0.15) is 0 Å². The number of rotatable bonds is 30. The minimum absolute atomic E-state index is 0.0161. The molecule has 0 saturated carbocycles. The zero-order valence-electron chi connectivity index (χ0n) is 32.9. The SMILES string of the molecule is CCCCCCCCCCCCCC=CC1(NC2COCOC2)OC(C)(C)OCC1NCC(C)(C)CCCCCCCCCCCCC. The van der Waals surface area contributed by atoms with Crippen molar-refractivity contribution in [3.05, 3.63) is 12.2 Å². The second-order valence-corrected chi connectivity index (χ2v) is 16.4. The van der Waals surface area contributed by atoms with Gasteiger partial charge in [-0.3, -0.25) is 5.32 Å². The Balaban J connectivity index is 1.83. The number of ether oxygens (including phenoxy) is 4. The fourth-order valence-corrected chi connectivity index (χ4v) is 7.28. The first-order valence-electron chi connectivity index (χ1n) is 20.9. The van der Waals surface area contributed by atoms with Gasteiger partial charge in [0.15, 0.2) is 11.5 Å². The van der Waals surface area contributed by atoms with Crippen molar-refractivity contribution in [1.29, 1.82) is 0 Å². The molecule has 2 heterocycles. The number of hydrogen-bond acceptors (Lipinski definition) is 6. The van der Waals surface area contributed by atoms with Crippen LogP contribution in [0, 0.1) is 5.41 Å². The van der Waals surface area contributed by atoms with Gasteiger partial charge in [-0.25, -0.2) is 0 Å². The highest BCUT2D eigenvalue weighted by molar-refractivity contribution is 5.11. The van der Waals surface area contributed by atoms with Crippen LogP contribution in [0.3, 0.4) is 0 Å². The third kappa shape index (κ3) is 20.4. The Bertz CT molecular complexity index is 782. The summed E-state index contributed by atoms with van der Waals surface area (Å²) >= 11 is 0. The van der Waals surface area contributed by atoms with E-state index in [1.54, 1.807) is 0 Å². The molecule has 6 nitrogen and oxygen atoms in total. The number of allylic oxidation sites excluding steroid dienone is 1. The molecule has 2 atom stereocenters. The van der Waals surface area contributed by atoms with E-state index in [-0.39, 0.29) is 17.5 Å². The molecule has 48 heavy (non-hydrogen) atoms. The molecule has 2 saturated heterocycles. The molecule has 284 valence electrons. The summed E-state index contributed by atoms with van der Waals surface area (Å²) in [5, 5.41) is 7.77. The van der Waals surface area contributed by atoms with E-state index in [2.05, 4.69) is 50.5 Å². The zero-order valence-corrected chi connectivity index (χ0v) is 32.9. The topological polar surface area (TPSA) is 61.0 Å². The van der Waals surface area contributed by atoms with Crippen LogP contribution in [0.25, 0.3) is 0 Å². The van der Waals surface area contributed by atoms with Crippen LogP contribution in [-0.4, -0.2) is 56.8 Å². The summed E-state index contributed by atoms with van der Waals surface area (Å²) in [6, 6.07) is 0.0468. The Hall–Kier alpha value is -0.500. The molecule has 0 aliphatic carbocycles. The molecule has 0 aromatic rings. The third-order valence-corrected chi connectivity index (χ3v) is 10.4. The van der Waals surface area contributed by atoms with E-state index in [4.69, 9.17) is 18.9 Å². The normalized spacial score (nSPS) is 22.2. The quantitative estimate of drug-likeness (QED) is 0.0582. The highest BCUT2D eigenvalue weighted by Gasteiger charge is 2.48. The van der Waals surface area contributed by atoms with Crippen LogP contribution in [0.5, 0.6) is 0 Å². The average Bonchev–Trinajstić information content (AvgIpc) is 3.05. The van der Waals surface area contributed by atoms with Crippen molar-refractivity contribution < 1.29 is 18.9 Å². The van der Waals surface area contributed by atoms with Gasteiger partial charge in [0.05, 0.1) is 31.9 Å². The lowest BCUT2D eigenvalue weighted by Gasteiger charge is -2.51. The van der Waals surface area contributed by atoms with Crippen molar-refractivity contribution in [2.24, 2.45) is 5.41 Å². The maximum Gasteiger partial charge on any atom is 0.165 e. The lowest BCUT2D eigenvalue weighted by atomic mass is 9.85. The first-order valence-corrected chi connectivity index (χ1v) is 20.9. The van der Waals surface area contributed by atoms with Crippen molar-refractivity contribution in [1.82, 2.24) is 10.6 Å². The monoisotopic (exact) mass is 679 g/mol. The standard InChI is InChI=1S/C42H82N2O4/c1-7-9-11-13-15-17-19-20-22-24-26-28-30-32-42(44-38-33-45-37-46-34-38)39(35-47-41(5,6)48-42)43-36-40(3,4)31-29-27-25-23-21-18-16-14-12-10-8-2/h30,32,38-39,43-44H,7-29,31,33-37H2,1-6H3. The van der Waals surface area contributed by atoms with E-state index in [9.17, 15) is 0 Å². The molecule has 2 aliphatic rings. The smallest absolute Gasteiger partial charge is 0.165 e. The molecule has 6 heteroatoms. The fourth-order valence-electron chi connectivity index (χ4n) is 7.28. The van der Waals surface area contributed by atoms with E-state index in [0.717, 1.165) is 13.0 Å². The second-order valence-electron chi connectivity index (χ2n) is 16.4. The van der Waals surface area contributed by atoms with Crippen LogP contribution < -0.4 is 10.6 Å². The largest absolute Gasteiger partial charge is 0.354 e. The van der Waals surface area contributed by atoms with E-state index >= 15 is 0 Å². The molecule has 0 spiro atoms. The molecule has 0 bridgehead atoms. The highest BCUT2D eigenvalue weighted by atomic mass is 16.7. The van der Waals surface area contributed by atoms with E-state index in [1.165, 1.54) is 148 Å². The molecular weight excluding hydrogens is 596 g/mol. The second kappa shape index (κ2) is 26.3. The van der Waals surface area contributed by atoms with Gasteiger partial charge in [0.25, 0.3) is 0 Å². The molecule has 2 fully saturated rings. The van der Waals surface area contributed by atoms with Crippen molar-refractivity contribution in [3.63, 3.8) is 0 Å². The van der Waals surface area contributed by atoms with Gasteiger partial charge >= 0.3 is 0 Å². The van der Waals surface area contributed by atoms with Gasteiger partial charge < -0.3 is 24.3 Å². The lowest BCUT2D eigenvalue weighted by molar-refractivity contribution is -0.319. The molecular formula is C42H82N2O4. The van der Waals surface area contributed by atoms with Gasteiger partial charge in [-0.15, -0.1) is 0 Å². The Morgan fingerprint density at radius 2 is 1.12 bits per heavy atom. The van der Waals surface area contributed by atoms with Crippen molar-refractivity contribution in [2.45, 2.75) is 219 Å². The molecule has 0 amide bonds. The van der Waals surface area contributed by atoms with Gasteiger partial charge in [0.1, 0.15) is 6.79 Å². The summed E-state index contributed by atoms with van der Waals surface area (Å²) in [6.45, 7) is 16.6. The van der Waals surface area contributed by atoms with Gasteiger partial charge in [-0.1, -0.05) is 169 Å². The van der Waals surface area contributed by atoms with E-state index in [1.807, 2.05) is 13.8 Å². The Labute approximate surface area is 299 Å². The minimum atomic E-state index is -0.694. The summed E-state index contributed by atoms with van der Waals surface area (Å²) < 4.78 is 24.4. The predicted molar refractivity (Wildman–Crippen MR) is 204 cm³/mol. The first-order chi connectivity index (χ1) is 23.2. The molecule has 2 N–H and O–H groups in total. The maximum absolute atomic E-state index is 6.83. The van der Waals surface area contributed by atoms with E-state index in [0.29, 0.717) is 26.6 Å². The molecule has 2 rings (SSSR count). The van der Waals surface area contributed by atoms with E-state index < -0.39 is 11.5 Å². The molecule has 0 aromatic carbocycles. The Kier molecular flexibility index (Phi) is 23.9. The van der Waals surface area contributed by atoms with Crippen molar-refractivity contribution in [3.8, 4) is 0 Å². The van der Waals surface area contributed by atoms with Crippen LogP contribution in [0.2, 0.25) is 0 Å². The Morgan fingerprint density at radius 3 is 1.65 bits per heavy atom. The van der Waals surface area contributed by atoms with Crippen LogP contribution in [0.4, 0.5) is 0 Å². The number of hydrogen-bond donors (Lipinski definition) is 2. The third-order valence-electron chi connectivity index (χ3n) is 10.4. The molecule has 2 unspecified atom stereocenters. The summed E-state index contributed by atoms with van der Waals surface area (Å²) in [5.41, 5.74) is -0.491. The predicted octanol–water partition coefficient (Wildman–Crippen LogP) is 11.4. The average molecular weight is 679 g/mol. The van der Waals surface area contributed by atoms with Gasteiger partial charge in [0.2, 0.25) is 0 Å². The summed E-state index contributed by atoms with van der Waals surface area (Å²) in [4.78, 5) is 0. The zero-order chi connectivity index (χ0) is 34.8. The number of nitrogens with one attached hydrogen (secondary N) is 2. The van der Waals surface area contributed by atoms with Gasteiger partial charge in [0, 0.05) is 6.54 Å². The van der Waals surface area contributed by atoms with Crippen LogP contribution >= 0.6 is 0 Å². The minimum Gasteiger partial charge on any atom is -0.354 e. The van der Waals surface area contributed by atoms with Crippen molar-refractivity contribution in [2.75, 3.05) is 33.2 Å². The van der Waals surface area contributed by atoms with Crippen molar-refractivity contribution >= 4 is 0 Å². The van der Waals surface area contributed by atoms with Crippen LogP contribution in [0.15, 0.2) is 12.2 Å². The van der Waals surface area contributed by atoms with Crippen LogP contribution in [0.1, 0.15) is 196 Å². The highest BCUT2D eigenvalue weighted by Crippen LogP contribution is 2.33. The van der Waals surface area contributed by atoms with Gasteiger partial charge in [-0.05, 0) is 44.6 Å². The summed E-state index contributed by atoms with van der Waals surface area (Å²) in [6.07, 6.45) is 37.2. The molecule has 0 aromatic heterocycles. The Morgan fingerprint density at radius 1 is 0.646 bits per heavy atom. The summed E-state index contributed by atoms with van der Waals surface area (Å²) in [5.74, 6) is -0.687. The number of unbranched alkanes of at least 4 members (excludes halogenated alkanes) is 21. The lowest BCUT2D eigenvalue weighted by Crippen LogP contribution is -2.71. The summed E-state index contributed by atoms with van der Waals surface area (Å²) in [7, 11) is 0. The maximum atomic E-state index is 6.83. The fraction of sp³-hybridized carbons (Fsp3) is 0.952. The molecule has 2 aliphatic heterocycles. The van der Waals surface area contributed by atoms with Crippen LogP contribution in [-0.2, 0) is 18.9 Å². The first kappa shape index (κ1) is 43.7. The molecule has 0 radical (unpaired) electrons.